The number of hydrogen-bond donors (Lipinski definition) is 2. The minimum absolute atomic E-state index is 0.123. The molecule has 0 spiro atoms. The maximum absolute atomic E-state index is 9.94. The van der Waals surface area contributed by atoms with Gasteiger partial charge < -0.3 is 25.2 Å². The lowest BCUT2D eigenvalue weighted by atomic mass is 10.1. The number of phenols is 1. The number of aromatic hydroxyl groups is 1. The third kappa shape index (κ3) is 3.26. The Bertz CT molecular complexity index is 1010. The number of anilines is 2. The number of nitrogens with zero attached hydrogens (tertiary/aromatic N) is 5. The van der Waals surface area contributed by atoms with Gasteiger partial charge in [-0.1, -0.05) is 11.6 Å². The highest BCUT2D eigenvalue weighted by atomic mass is 35.5. The molecule has 3 heterocycles. The van der Waals surface area contributed by atoms with Crippen molar-refractivity contribution in [3.63, 3.8) is 0 Å². The fourth-order valence-electron chi connectivity index (χ4n) is 2.92. The van der Waals surface area contributed by atoms with Crippen molar-refractivity contribution in [2.45, 2.75) is 0 Å². The topological polar surface area (TPSA) is 120 Å². The Hall–Kier alpha value is -2.91. The van der Waals surface area contributed by atoms with Crippen molar-refractivity contribution in [2.75, 3.05) is 44.0 Å². The summed E-state index contributed by atoms with van der Waals surface area (Å²) in [5.74, 6) is 0.885. The Kier molecular flexibility index (Phi) is 4.54. The second-order valence-electron chi connectivity index (χ2n) is 5.94. The van der Waals surface area contributed by atoms with Gasteiger partial charge in [0.05, 0.1) is 37.2 Å². The van der Waals surface area contributed by atoms with Crippen LogP contribution < -0.4 is 15.4 Å². The number of aromatic nitrogens is 4. The number of nitrogens with two attached hydrogens (primary N) is 1. The third-order valence-electron chi connectivity index (χ3n) is 4.26. The van der Waals surface area contributed by atoms with Crippen molar-refractivity contribution in [1.82, 2.24) is 19.9 Å². The molecule has 0 atom stereocenters. The van der Waals surface area contributed by atoms with Crippen molar-refractivity contribution < 1.29 is 14.6 Å². The highest BCUT2D eigenvalue weighted by Crippen LogP contribution is 2.38. The van der Waals surface area contributed by atoms with E-state index < -0.39 is 0 Å². The molecule has 9 nitrogen and oxygen atoms in total. The first-order chi connectivity index (χ1) is 13.1. The molecule has 3 N–H and O–H groups in total. The second-order valence-corrected chi connectivity index (χ2v) is 6.35. The van der Waals surface area contributed by atoms with Crippen LogP contribution in [-0.4, -0.2) is 58.5 Å². The van der Waals surface area contributed by atoms with Crippen LogP contribution in [0, 0.1) is 0 Å². The van der Waals surface area contributed by atoms with E-state index >= 15 is 0 Å². The third-order valence-corrected chi connectivity index (χ3v) is 4.55. The highest BCUT2D eigenvalue weighted by molar-refractivity contribution is 6.32. The van der Waals surface area contributed by atoms with Crippen molar-refractivity contribution in [2.24, 2.45) is 0 Å². The van der Waals surface area contributed by atoms with E-state index in [1.165, 1.54) is 7.11 Å². The number of nitrogen functional groups attached to an aromatic ring is 1. The van der Waals surface area contributed by atoms with E-state index in [2.05, 4.69) is 19.9 Å². The van der Waals surface area contributed by atoms with Crippen LogP contribution in [0.1, 0.15) is 0 Å². The van der Waals surface area contributed by atoms with Gasteiger partial charge in [-0.25, -0.2) is 9.97 Å². The number of morpholine rings is 1. The summed E-state index contributed by atoms with van der Waals surface area (Å²) >= 11 is 6.10. The molecule has 0 saturated carbocycles. The predicted molar refractivity (Wildman–Crippen MR) is 101 cm³/mol. The van der Waals surface area contributed by atoms with Gasteiger partial charge in [0.2, 0.25) is 5.95 Å². The maximum Gasteiger partial charge on any atom is 0.224 e. The Balaban J connectivity index is 1.86. The van der Waals surface area contributed by atoms with Crippen LogP contribution in [0.15, 0.2) is 18.3 Å². The quantitative estimate of drug-likeness (QED) is 0.692. The number of hydrogen-bond acceptors (Lipinski definition) is 9. The van der Waals surface area contributed by atoms with Crippen molar-refractivity contribution in [3.05, 3.63) is 23.4 Å². The Morgan fingerprint density at radius 3 is 2.74 bits per heavy atom. The molecule has 1 aromatic carbocycles. The van der Waals surface area contributed by atoms with Crippen molar-refractivity contribution in [3.8, 4) is 22.8 Å². The molecule has 10 heteroatoms. The van der Waals surface area contributed by atoms with Gasteiger partial charge in [-0.15, -0.1) is 0 Å². The minimum atomic E-state index is -0.123. The number of halogens is 1. The smallest absolute Gasteiger partial charge is 0.224 e. The van der Waals surface area contributed by atoms with Gasteiger partial charge in [0.25, 0.3) is 0 Å². The van der Waals surface area contributed by atoms with Gasteiger partial charge in [-0.2, -0.15) is 9.97 Å². The zero-order valence-electron chi connectivity index (χ0n) is 14.5. The monoisotopic (exact) mass is 388 g/mol. The lowest BCUT2D eigenvalue weighted by Crippen LogP contribution is -2.37. The van der Waals surface area contributed by atoms with Crippen LogP contribution in [0.3, 0.4) is 0 Å². The Labute approximate surface area is 159 Å². The van der Waals surface area contributed by atoms with Crippen LogP contribution in [0.4, 0.5) is 11.8 Å². The summed E-state index contributed by atoms with van der Waals surface area (Å²) in [5, 5.41) is 10.1. The first-order valence-corrected chi connectivity index (χ1v) is 8.64. The molecular formula is C17H17ClN6O3. The predicted octanol–water partition coefficient (Wildman–Crippen LogP) is 1.87. The summed E-state index contributed by atoms with van der Waals surface area (Å²) in [6.45, 7) is 2.55. The number of phenolic OH excluding ortho intramolecular Hbond substituents is 1. The largest absolute Gasteiger partial charge is 0.503 e. The van der Waals surface area contributed by atoms with E-state index in [0.29, 0.717) is 54.5 Å². The van der Waals surface area contributed by atoms with Crippen LogP contribution in [-0.2, 0) is 4.74 Å². The van der Waals surface area contributed by atoms with Gasteiger partial charge in [-0.3, -0.25) is 0 Å². The van der Waals surface area contributed by atoms with Crippen LogP contribution >= 0.6 is 11.6 Å². The number of methoxy groups -OCH3 is 1. The molecule has 1 saturated heterocycles. The summed E-state index contributed by atoms with van der Waals surface area (Å²) in [4.78, 5) is 19.7. The zero-order chi connectivity index (χ0) is 19.0. The molecule has 0 amide bonds. The highest BCUT2D eigenvalue weighted by Gasteiger charge is 2.20. The number of benzene rings is 1. The summed E-state index contributed by atoms with van der Waals surface area (Å²) in [7, 11) is 1.45. The van der Waals surface area contributed by atoms with Gasteiger partial charge in [0.15, 0.2) is 28.5 Å². The zero-order valence-corrected chi connectivity index (χ0v) is 15.3. The molecule has 0 bridgehead atoms. The maximum atomic E-state index is 9.94. The molecule has 2 aromatic heterocycles. The molecule has 3 aromatic rings. The van der Waals surface area contributed by atoms with E-state index in [4.69, 9.17) is 26.8 Å². The fraction of sp³-hybridized carbons (Fsp3) is 0.294. The van der Waals surface area contributed by atoms with Gasteiger partial charge in [0.1, 0.15) is 0 Å². The molecule has 0 radical (unpaired) electrons. The molecule has 0 unspecified atom stereocenters. The summed E-state index contributed by atoms with van der Waals surface area (Å²) in [5.41, 5.74) is 7.98. The van der Waals surface area contributed by atoms with E-state index in [9.17, 15) is 5.11 Å². The standard InChI is InChI=1S/C17H17ClN6O3/c1-26-12-7-9(6-10(18)14(12)25)11-8-20-15-13(21-11)16(23-17(19)22-15)24-2-4-27-5-3-24/h6-8,25H,2-5H2,1H3,(H2,19,20,22,23). The molecule has 27 heavy (non-hydrogen) atoms. The van der Waals surface area contributed by atoms with Crippen LogP contribution in [0.25, 0.3) is 22.4 Å². The normalized spacial score (nSPS) is 14.5. The molecule has 1 aliphatic heterocycles. The molecular weight excluding hydrogens is 372 g/mol. The summed E-state index contributed by atoms with van der Waals surface area (Å²) in [6.07, 6.45) is 1.57. The first-order valence-electron chi connectivity index (χ1n) is 8.26. The average Bonchev–Trinajstić information content (AvgIpc) is 2.69. The fourth-order valence-corrected chi connectivity index (χ4v) is 3.13. The van der Waals surface area contributed by atoms with Gasteiger partial charge in [0, 0.05) is 18.7 Å². The summed E-state index contributed by atoms with van der Waals surface area (Å²) in [6, 6.07) is 3.24. The first kappa shape index (κ1) is 17.5. The van der Waals surface area contributed by atoms with Crippen LogP contribution in [0.2, 0.25) is 5.02 Å². The number of ether oxygens (including phenoxy) is 2. The van der Waals surface area contributed by atoms with E-state index in [0.717, 1.165) is 0 Å². The van der Waals surface area contributed by atoms with E-state index in [1.807, 2.05) is 4.90 Å². The SMILES string of the molecule is COc1cc(-c2cnc3nc(N)nc(N4CCOCC4)c3n2)cc(Cl)c1O. The average molecular weight is 389 g/mol. The lowest BCUT2D eigenvalue weighted by Gasteiger charge is -2.28. The Morgan fingerprint density at radius 2 is 2.00 bits per heavy atom. The van der Waals surface area contributed by atoms with Gasteiger partial charge in [-0.05, 0) is 12.1 Å². The van der Waals surface area contributed by atoms with Crippen LogP contribution in [0.5, 0.6) is 11.5 Å². The lowest BCUT2D eigenvalue weighted by molar-refractivity contribution is 0.122. The minimum Gasteiger partial charge on any atom is -0.503 e. The second kappa shape index (κ2) is 7.01. The molecule has 1 fully saturated rings. The summed E-state index contributed by atoms with van der Waals surface area (Å²) < 4.78 is 10.6. The molecule has 4 rings (SSSR count). The Morgan fingerprint density at radius 1 is 1.22 bits per heavy atom. The van der Waals surface area contributed by atoms with Crippen molar-refractivity contribution in [1.29, 1.82) is 0 Å². The molecule has 0 aliphatic carbocycles. The van der Waals surface area contributed by atoms with Crippen molar-refractivity contribution >= 4 is 34.5 Å². The molecule has 140 valence electrons. The van der Waals surface area contributed by atoms with Gasteiger partial charge >= 0.3 is 0 Å². The number of fused-ring (bicyclic) bond motifs is 1. The van der Waals surface area contributed by atoms with E-state index in [-0.39, 0.29) is 22.5 Å². The number of rotatable bonds is 3. The molecule has 1 aliphatic rings. The van der Waals surface area contributed by atoms with E-state index in [1.54, 1.807) is 18.3 Å².